The fourth-order valence-electron chi connectivity index (χ4n) is 1.15. The van der Waals surface area contributed by atoms with Crippen LogP contribution in [0.5, 0.6) is 0 Å². The Morgan fingerprint density at radius 1 is 1.64 bits per heavy atom. The van der Waals surface area contributed by atoms with Gasteiger partial charge in [-0.1, -0.05) is 6.92 Å². The third-order valence-corrected chi connectivity index (χ3v) is 3.24. The van der Waals surface area contributed by atoms with Crippen molar-refractivity contribution in [2.24, 2.45) is 5.73 Å². The lowest BCUT2D eigenvalue weighted by atomic mass is 10.3. The van der Waals surface area contributed by atoms with Crippen molar-refractivity contribution < 1.29 is 0 Å². The number of hydrogen-bond donors (Lipinski definition) is 1. The Morgan fingerprint density at radius 3 is 3.07 bits per heavy atom. The van der Waals surface area contributed by atoms with Gasteiger partial charge in [0.15, 0.2) is 0 Å². The lowest BCUT2D eigenvalue weighted by molar-refractivity contribution is 0.475. The second-order valence-electron chi connectivity index (χ2n) is 3.39. The van der Waals surface area contributed by atoms with Gasteiger partial charge in [0.25, 0.3) is 0 Å². The molecule has 14 heavy (non-hydrogen) atoms. The molecule has 0 aliphatic rings. The predicted molar refractivity (Wildman–Crippen MR) is 62.4 cm³/mol. The van der Waals surface area contributed by atoms with Gasteiger partial charge in [0.1, 0.15) is 0 Å². The summed E-state index contributed by atoms with van der Waals surface area (Å²) < 4.78 is 2.04. The normalized spacial score (nSPS) is 13.1. The fourth-order valence-corrected chi connectivity index (χ4v) is 1.82. The Labute approximate surface area is 90.1 Å². The maximum Gasteiger partial charge on any atom is 0.0723 e. The molecular weight excluding hydrogens is 194 g/mol. The van der Waals surface area contributed by atoms with E-state index in [0.29, 0.717) is 6.04 Å². The van der Waals surface area contributed by atoms with Gasteiger partial charge < -0.3 is 5.73 Å². The van der Waals surface area contributed by atoms with Gasteiger partial charge in [-0.25, -0.2) is 0 Å². The number of thioether (sulfide) groups is 1. The summed E-state index contributed by atoms with van der Waals surface area (Å²) >= 11 is 1.84. The molecule has 0 aliphatic heterocycles. The van der Waals surface area contributed by atoms with Crippen LogP contribution in [0.25, 0.3) is 0 Å². The first-order valence-corrected chi connectivity index (χ1v) is 6.25. The highest BCUT2D eigenvalue weighted by Crippen LogP contribution is 2.13. The minimum Gasteiger partial charge on any atom is -0.330 e. The molecule has 0 aliphatic carbocycles. The summed E-state index contributed by atoms with van der Waals surface area (Å²) in [5, 5.41) is 4.51. The van der Waals surface area contributed by atoms with Crippen LogP contribution in [0.1, 0.15) is 32.0 Å². The number of aromatic nitrogens is 2. The van der Waals surface area contributed by atoms with E-state index in [1.807, 2.05) is 16.4 Å². The van der Waals surface area contributed by atoms with E-state index in [9.17, 15) is 0 Å². The molecule has 0 amide bonds. The molecule has 0 spiro atoms. The second kappa shape index (κ2) is 6.09. The number of hydrogen-bond acceptors (Lipinski definition) is 3. The van der Waals surface area contributed by atoms with E-state index in [2.05, 4.69) is 31.2 Å². The van der Waals surface area contributed by atoms with Crippen molar-refractivity contribution in [2.45, 2.75) is 32.1 Å². The molecule has 1 rings (SSSR count). The monoisotopic (exact) mass is 213 g/mol. The van der Waals surface area contributed by atoms with E-state index >= 15 is 0 Å². The first kappa shape index (κ1) is 11.6. The summed E-state index contributed by atoms with van der Waals surface area (Å²) in [6, 6.07) is 2.60. The molecule has 1 aromatic rings. The van der Waals surface area contributed by atoms with Gasteiger partial charge in [-0.2, -0.15) is 16.9 Å². The second-order valence-corrected chi connectivity index (χ2v) is 4.49. The molecule has 0 bridgehead atoms. The van der Waals surface area contributed by atoms with E-state index in [1.54, 1.807) is 0 Å². The lowest BCUT2D eigenvalue weighted by Gasteiger charge is -2.07. The van der Waals surface area contributed by atoms with Crippen LogP contribution in [0.2, 0.25) is 0 Å². The Morgan fingerprint density at radius 2 is 2.43 bits per heavy atom. The number of rotatable bonds is 6. The summed E-state index contributed by atoms with van der Waals surface area (Å²) in [5.74, 6) is 1.98. The molecule has 1 atom stereocenters. The molecule has 4 heteroatoms. The molecule has 3 nitrogen and oxygen atoms in total. The van der Waals surface area contributed by atoms with Gasteiger partial charge in [-0.05, 0) is 19.4 Å². The van der Waals surface area contributed by atoms with Crippen molar-refractivity contribution in [3.8, 4) is 0 Å². The molecule has 1 heterocycles. The molecule has 0 radical (unpaired) electrons. The van der Waals surface area contributed by atoms with Crippen LogP contribution in [0, 0.1) is 0 Å². The predicted octanol–water partition coefficient (Wildman–Crippen LogP) is 2.05. The fraction of sp³-hybridized carbons (Fsp3) is 0.700. The van der Waals surface area contributed by atoms with Gasteiger partial charge in [0.05, 0.1) is 5.69 Å². The molecule has 80 valence electrons. The Balaban J connectivity index is 2.42. The van der Waals surface area contributed by atoms with E-state index < -0.39 is 0 Å². The van der Waals surface area contributed by atoms with Crippen LogP contribution in [0.15, 0.2) is 12.3 Å². The van der Waals surface area contributed by atoms with E-state index in [0.717, 1.165) is 30.2 Å². The van der Waals surface area contributed by atoms with E-state index in [4.69, 9.17) is 5.73 Å². The average Bonchev–Trinajstić information content (AvgIpc) is 2.66. The lowest BCUT2D eigenvalue weighted by Crippen LogP contribution is -2.05. The highest BCUT2D eigenvalue weighted by atomic mass is 32.2. The standard InChI is InChI=1S/C10H19N3S/c1-3-9(2)13-6-4-10(12-13)8-14-7-5-11/h4,6,9H,3,5,7-8,11H2,1-2H3. The molecule has 0 aromatic carbocycles. The highest BCUT2D eigenvalue weighted by Gasteiger charge is 2.03. The van der Waals surface area contributed by atoms with Gasteiger partial charge in [-0.3, -0.25) is 4.68 Å². The Kier molecular flexibility index (Phi) is 5.04. The third-order valence-electron chi connectivity index (χ3n) is 2.22. The summed E-state index contributed by atoms with van der Waals surface area (Å²) in [6.07, 6.45) is 3.18. The molecule has 0 saturated carbocycles. The quantitative estimate of drug-likeness (QED) is 0.735. The van der Waals surface area contributed by atoms with Crippen LogP contribution in [0.4, 0.5) is 0 Å². The number of nitrogens with two attached hydrogens (primary N) is 1. The van der Waals surface area contributed by atoms with Crippen molar-refractivity contribution in [3.63, 3.8) is 0 Å². The van der Waals surface area contributed by atoms with Crippen molar-refractivity contribution in [1.29, 1.82) is 0 Å². The molecule has 1 aromatic heterocycles. The van der Waals surface area contributed by atoms with E-state index in [1.165, 1.54) is 0 Å². The van der Waals surface area contributed by atoms with Crippen LogP contribution in [-0.2, 0) is 5.75 Å². The molecule has 1 unspecified atom stereocenters. The van der Waals surface area contributed by atoms with Crippen molar-refractivity contribution in [3.05, 3.63) is 18.0 Å². The largest absolute Gasteiger partial charge is 0.330 e. The number of nitrogens with zero attached hydrogens (tertiary/aromatic N) is 2. The minimum absolute atomic E-state index is 0.503. The maximum atomic E-state index is 5.42. The van der Waals surface area contributed by atoms with Gasteiger partial charge in [-0.15, -0.1) is 0 Å². The zero-order valence-electron chi connectivity index (χ0n) is 8.94. The van der Waals surface area contributed by atoms with Gasteiger partial charge >= 0.3 is 0 Å². The molecule has 0 fully saturated rings. The van der Waals surface area contributed by atoms with Gasteiger partial charge in [0, 0.05) is 30.3 Å². The third kappa shape index (κ3) is 3.35. The van der Waals surface area contributed by atoms with Crippen LogP contribution >= 0.6 is 11.8 Å². The highest BCUT2D eigenvalue weighted by molar-refractivity contribution is 7.98. The van der Waals surface area contributed by atoms with Crippen LogP contribution in [0.3, 0.4) is 0 Å². The Hall–Kier alpha value is -0.480. The first-order valence-electron chi connectivity index (χ1n) is 5.09. The minimum atomic E-state index is 0.503. The summed E-state index contributed by atoms with van der Waals surface area (Å²) in [6.45, 7) is 5.11. The summed E-state index contributed by atoms with van der Waals surface area (Å²) in [4.78, 5) is 0. The average molecular weight is 213 g/mol. The summed E-state index contributed by atoms with van der Waals surface area (Å²) in [7, 11) is 0. The van der Waals surface area contributed by atoms with Crippen molar-refractivity contribution in [2.75, 3.05) is 12.3 Å². The molecule has 2 N–H and O–H groups in total. The maximum absolute atomic E-state index is 5.42. The molecular formula is C10H19N3S. The summed E-state index contributed by atoms with van der Waals surface area (Å²) in [5.41, 5.74) is 6.58. The topological polar surface area (TPSA) is 43.8 Å². The van der Waals surface area contributed by atoms with Crippen molar-refractivity contribution in [1.82, 2.24) is 9.78 Å². The molecule has 0 saturated heterocycles. The van der Waals surface area contributed by atoms with Crippen LogP contribution < -0.4 is 5.73 Å². The van der Waals surface area contributed by atoms with Gasteiger partial charge in [0.2, 0.25) is 0 Å². The van der Waals surface area contributed by atoms with E-state index in [-0.39, 0.29) is 0 Å². The van der Waals surface area contributed by atoms with Crippen molar-refractivity contribution >= 4 is 11.8 Å². The first-order chi connectivity index (χ1) is 6.77. The Bertz CT molecular complexity index is 260. The SMILES string of the molecule is CCC(C)n1ccc(CSCCN)n1. The van der Waals surface area contributed by atoms with Crippen LogP contribution in [-0.4, -0.2) is 22.1 Å². The smallest absolute Gasteiger partial charge is 0.0723 e. The zero-order chi connectivity index (χ0) is 10.4. The zero-order valence-corrected chi connectivity index (χ0v) is 9.76.